The number of allylic oxidation sites excluding steroid dienone is 3. The number of fused-ring (bicyclic) bond motifs is 1. The molecule has 1 atom stereocenters. The molecule has 0 radical (unpaired) electrons. The fraction of sp³-hybridized carbons (Fsp3) is 0.692. The summed E-state index contributed by atoms with van der Waals surface area (Å²) in [7, 11) is 4.28. The summed E-state index contributed by atoms with van der Waals surface area (Å²) in [6.07, 6.45) is 5.74. The van der Waals surface area contributed by atoms with Gasteiger partial charge in [-0.25, -0.2) is 0 Å². The predicted octanol–water partition coefficient (Wildman–Crippen LogP) is 1.06. The maximum absolute atomic E-state index is 3.56. The molecule has 0 spiro atoms. The van der Waals surface area contributed by atoms with Crippen LogP contribution in [-0.4, -0.2) is 56.1 Å². The average molecular weight is 221 g/mol. The third-order valence-corrected chi connectivity index (χ3v) is 3.40. The first-order valence-electron chi connectivity index (χ1n) is 6.16. The molecular weight excluding hydrogens is 198 g/mol. The number of likely N-dealkylation sites (tertiary alicyclic amines) is 1. The minimum absolute atomic E-state index is 0.598. The molecule has 2 aliphatic heterocycles. The van der Waals surface area contributed by atoms with Crippen molar-refractivity contribution in [3.05, 3.63) is 23.4 Å². The van der Waals surface area contributed by atoms with Gasteiger partial charge in [-0.1, -0.05) is 6.08 Å². The van der Waals surface area contributed by atoms with Crippen molar-refractivity contribution in [1.29, 1.82) is 0 Å². The van der Waals surface area contributed by atoms with Crippen LogP contribution in [-0.2, 0) is 0 Å². The SMILES string of the molecule is CC1=CC=C2CN(CCN(C)C)CCC2N1. The Balaban J connectivity index is 1.89. The van der Waals surface area contributed by atoms with Gasteiger partial charge >= 0.3 is 0 Å². The largest absolute Gasteiger partial charge is 0.382 e. The van der Waals surface area contributed by atoms with Gasteiger partial charge in [0, 0.05) is 37.9 Å². The van der Waals surface area contributed by atoms with E-state index in [9.17, 15) is 0 Å². The fourth-order valence-electron chi connectivity index (χ4n) is 2.37. The molecule has 2 aliphatic rings. The highest BCUT2D eigenvalue weighted by molar-refractivity contribution is 5.29. The minimum atomic E-state index is 0.598. The van der Waals surface area contributed by atoms with E-state index in [0.717, 1.165) is 13.1 Å². The van der Waals surface area contributed by atoms with Gasteiger partial charge in [0.05, 0.1) is 0 Å². The Morgan fingerprint density at radius 2 is 2.25 bits per heavy atom. The smallest absolute Gasteiger partial charge is 0.0498 e. The normalized spacial score (nSPS) is 25.9. The van der Waals surface area contributed by atoms with Crippen LogP contribution < -0.4 is 5.32 Å². The Labute approximate surface area is 98.8 Å². The summed E-state index contributed by atoms with van der Waals surface area (Å²) in [6.45, 7) is 6.83. The third kappa shape index (κ3) is 2.86. The van der Waals surface area contributed by atoms with Crippen molar-refractivity contribution in [3.63, 3.8) is 0 Å². The molecule has 0 aliphatic carbocycles. The van der Waals surface area contributed by atoms with Gasteiger partial charge in [0.1, 0.15) is 0 Å². The third-order valence-electron chi connectivity index (χ3n) is 3.40. The molecule has 1 N–H and O–H groups in total. The van der Waals surface area contributed by atoms with Crippen molar-refractivity contribution in [2.24, 2.45) is 0 Å². The highest BCUT2D eigenvalue weighted by Gasteiger charge is 2.24. The van der Waals surface area contributed by atoms with Gasteiger partial charge in [0.25, 0.3) is 0 Å². The second kappa shape index (κ2) is 5.02. The number of nitrogens with one attached hydrogen (secondary N) is 1. The minimum Gasteiger partial charge on any atom is -0.382 e. The van der Waals surface area contributed by atoms with Crippen LogP contribution in [0.2, 0.25) is 0 Å². The van der Waals surface area contributed by atoms with E-state index >= 15 is 0 Å². The first kappa shape index (κ1) is 11.7. The zero-order chi connectivity index (χ0) is 11.5. The topological polar surface area (TPSA) is 18.5 Å². The highest BCUT2D eigenvalue weighted by Crippen LogP contribution is 2.20. The summed E-state index contributed by atoms with van der Waals surface area (Å²) in [4.78, 5) is 4.81. The van der Waals surface area contributed by atoms with Crippen LogP contribution in [0, 0.1) is 0 Å². The number of hydrogen-bond donors (Lipinski definition) is 1. The van der Waals surface area contributed by atoms with Crippen molar-refractivity contribution in [2.75, 3.05) is 40.3 Å². The monoisotopic (exact) mass is 221 g/mol. The van der Waals surface area contributed by atoms with Crippen LogP contribution >= 0.6 is 0 Å². The second-order valence-corrected chi connectivity index (χ2v) is 5.16. The zero-order valence-corrected chi connectivity index (χ0v) is 10.7. The molecule has 2 rings (SSSR count). The van der Waals surface area contributed by atoms with Crippen LogP contribution in [0.25, 0.3) is 0 Å². The molecule has 3 heteroatoms. The highest BCUT2D eigenvalue weighted by atomic mass is 15.2. The van der Waals surface area contributed by atoms with Gasteiger partial charge in [0.15, 0.2) is 0 Å². The Hall–Kier alpha value is -0.800. The van der Waals surface area contributed by atoms with E-state index in [0.29, 0.717) is 6.04 Å². The molecular formula is C13H23N3. The predicted molar refractivity (Wildman–Crippen MR) is 68.4 cm³/mol. The molecule has 1 unspecified atom stereocenters. The first-order valence-corrected chi connectivity index (χ1v) is 6.16. The molecule has 0 aromatic rings. The second-order valence-electron chi connectivity index (χ2n) is 5.16. The Bertz CT molecular complexity index is 304. The van der Waals surface area contributed by atoms with Crippen LogP contribution in [0.4, 0.5) is 0 Å². The summed E-state index contributed by atoms with van der Waals surface area (Å²) in [6, 6.07) is 0.598. The van der Waals surface area contributed by atoms with Gasteiger partial charge in [-0.2, -0.15) is 0 Å². The molecule has 0 aromatic heterocycles. The summed E-state index contributed by atoms with van der Waals surface area (Å²) >= 11 is 0. The van der Waals surface area contributed by atoms with Crippen molar-refractivity contribution >= 4 is 0 Å². The Morgan fingerprint density at radius 1 is 1.44 bits per heavy atom. The number of nitrogens with zero attached hydrogens (tertiary/aromatic N) is 2. The standard InChI is InChI=1S/C13H23N3/c1-11-4-5-12-10-16(9-8-15(2)3)7-6-13(12)14-11/h4-5,13-14H,6-10H2,1-3H3. The molecule has 16 heavy (non-hydrogen) atoms. The van der Waals surface area contributed by atoms with E-state index in [1.165, 1.54) is 25.2 Å². The fourth-order valence-corrected chi connectivity index (χ4v) is 2.37. The number of hydrogen-bond acceptors (Lipinski definition) is 3. The average Bonchev–Trinajstić information content (AvgIpc) is 2.26. The number of likely N-dealkylation sites (N-methyl/N-ethyl adjacent to an activating group) is 1. The van der Waals surface area contributed by atoms with Crippen LogP contribution in [0.1, 0.15) is 13.3 Å². The lowest BCUT2D eigenvalue weighted by Crippen LogP contribution is -2.46. The molecule has 1 saturated heterocycles. The summed E-state index contributed by atoms with van der Waals surface area (Å²) in [5.41, 5.74) is 2.85. The Kier molecular flexibility index (Phi) is 3.66. The maximum Gasteiger partial charge on any atom is 0.0498 e. The summed E-state index contributed by atoms with van der Waals surface area (Å²) in [5.74, 6) is 0. The first-order chi connectivity index (χ1) is 7.65. The quantitative estimate of drug-likeness (QED) is 0.768. The molecule has 0 saturated carbocycles. The molecule has 1 fully saturated rings. The molecule has 90 valence electrons. The van der Waals surface area contributed by atoms with Crippen molar-refractivity contribution in [1.82, 2.24) is 15.1 Å². The summed E-state index contributed by atoms with van der Waals surface area (Å²) < 4.78 is 0. The number of piperidine rings is 1. The van der Waals surface area contributed by atoms with Crippen molar-refractivity contribution < 1.29 is 0 Å². The van der Waals surface area contributed by atoms with Gasteiger partial charge in [-0.05, 0) is 39.1 Å². The van der Waals surface area contributed by atoms with Gasteiger partial charge in [-0.3, -0.25) is 4.90 Å². The van der Waals surface area contributed by atoms with E-state index < -0.39 is 0 Å². The maximum atomic E-state index is 3.56. The molecule has 3 nitrogen and oxygen atoms in total. The van der Waals surface area contributed by atoms with Crippen LogP contribution in [0.15, 0.2) is 23.4 Å². The lowest BCUT2D eigenvalue weighted by Gasteiger charge is -2.37. The Morgan fingerprint density at radius 3 is 3.00 bits per heavy atom. The number of dihydropyridines is 1. The van der Waals surface area contributed by atoms with Gasteiger partial charge in [-0.15, -0.1) is 0 Å². The zero-order valence-electron chi connectivity index (χ0n) is 10.7. The van der Waals surface area contributed by atoms with E-state index in [-0.39, 0.29) is 0 Å². The molecule has 0 amide bonds. The van der Waals surface area contributed by atoms with Gasteiger partial charge in [0.2, 0.25) is 0 Å². The van der Waals surface area contributed by atoms with E-state index in [1.807, 2.05) is 0 Å². The van der Waals surface area contributed by atoms with E-state index in [2.05, 4.69) is 48.3 Å². The molecule has 0 aromatic carbocycles. The van der Waals surface area contributed by atoms with Gasteiger partial charge < -0.3 is 10.2 Å². The number of rotatable bonds is 3. The van der Waals surface area contributed by atoms with Crippen molar-refractivity contribution in [2.45, 2.75) is 19.4 Å². The van der Waals surface area contributed by atoms with Crippen LogP contribution in [0.3, 0.4) is 0 Å². The lowest BCUT2D eigenvalue weighted by atomic mass is 9.95. The molecule has 0 bridgehead atoms. The van der Waals surface area contributed by atoms with E-state index in [1.54, 1.807) is 5.57 Å². The van der Waals surface area contributed by atoms with Crippen molar-refractivity contribution in [3.8, 4) is 0 Å². The summed E-state index contributed by atoms with van der Waals surface area (Å²) in [5, 5.41) is 3.56. The lowest BCUT2D eigenvalue weighted by molar-refractivity contribution is 0.220. The molecule has 2 heterocycles. The van der Waals surface area contributed by atoms with E-state index in [4.69, 9.17) is 0 Å². The van der Waals surface area contributed by atoms with Crippen LogP contribution in [0.5, 0.6) is 0 Å².